The van der Waals surface area contributed by atoms with Gasteiger partial charge in [-0.2, -0.15) is 0 Å². The number of rotatable bonds is 6. The third-order valence-corrected chi connectivity index (χ3v) is 3.53. The van der Waals surface area contributed by atoms with Crippen LogP contribution in [0.2, 0.25) is 0 Å². The highest BCUT2D eigenvalue weighted by Crippen LogP contribution is 2.21. The normalized spacial score (nSPS) is 10.2. The molecule has 1 aromatic carbocycles. The van der Waals surface area contributed by atoms with E-state index in [1.165, 1.54) is 14.0 Å². The molecule has 0 saturated heterocycles. The third-order valence-electron chi connectivity index (χ3n) is 3.53. The van der Waals surface area contributed by atoms with Crippen molar-refractivity contribution in [3.63, 3.8) is 0 Å². The molecule has 0 radical (unpaired) electrons. The molecule has 0 unspecified atom stereocenters. The zero-order chi connectivity index (χ0) is 17.7. The van der Waals surface area contributed by atoms with Gasteiger partial charge in [0.15, 0.2) is 5.78 Å². The summed E-state index contributed by atoms with van der Waals surface area (Å²) in [5.41, 5.74) is 1.84. The number of ketones is 1. The van der Waals surface area contributed by atoms with E-state index in [9.17, 15) is 9.59 Å². The van der Waals surface area contributed by atoms with Crippen molar-refractivity contribution in [3.05, 3.63) is 47.7 Å². The third kappa shape index (κ3) is 4.32. The zero-order valence-electron chi connectivity index (χ0n) is 14.3. The van der Waals surface area contributed by atoms with Gasteiger partial charge in [0.2, 0.25) is 5.91 Å². The Labute approximate surface area is 141 Å². The van der Waals surface area contributed by atoms with E-state index in [0.717, 1.165) is 5.82 Å². The van der Waals surface area contributed by atoms with Crippen molar-refractivity contribution in [1.82, 2.24) is 4.98 Å². The van der Waals surface area contributed by atoms with Gasteiger partial charge in [0.05, 0.1) is 25.4 Å². The monoisotopic (exact) mass is 327 g/mol. The van der Waals surface area contributed by atoms with Crippen molar-refractivity contribution < 1.29 is 14.3 Å². The molecule has 24 heavy (non-hydrogen) atoms. The minimum Gasteiger partial charge on any atom is -0.496 e. The van der Waals surface area contributed by atoms with E-state index in [1.807, 2.05) is 25.1 Å². The second kappa shape index (κ2) is 7.59. The molecule has 1 amide bonds. The molecule has 1 heterocycles. The van der Waals surface area contributed by atoms with E-state index in [4.69, 9.17) is 4.74 Å². The van der Waals surface area contributed by atoms with Crippen molar-refractivity contribution in [2.45, 2.75) is 13.3 Å². The molecule has 1 aromatic heterocycles. The van der Waals surface area contributed by atoms with E-state index >= 15 is 0 Å². The standard InChI is InChI=1S/C18H21N3O3/c1-12(22)13-5-7-16(24-4)14(9-13)10-18(23)20-15-6-8-17(19-11-15)21(2)3/h5-9,11H,10H2,1-4H3,(H,20,23). The van der Waals surface area contributed by atoms with E-state index in [2.05, 4.69) is 10.3 Å². The molecule has 0 atom stereocenters. The van der Waals surface area contributed by atoms with Crippen molar-refractivity contribution in [2.75, 3.05) is 31.4 Å². The second-order valence-corrected chi connectivity index (χ2v) is 5.61. The highest BCUT2D eigenvalue weighted by molar-refractivity contribution is 5.96. The van der Waals surface area contributed by atoms with Crippen LogP contribution < -0.4 is 15.0 Å². The summed E-state index contributed by atoms with van der Waals surface area (Å²) in [7, 11) is 5.33. The smallest absolute Gasteiger partial charge is 0.228 e. The molecule has 0 aliphatic rings. The van der Waals surface area contributed by atoms with Gasteiger partial charge >= 0.3 is 0 Å². The molecule has 1 N–H and O–H groups in total. The Hall–Kier alpha value is -2.89. The van der Waals surface area contributed by atoms with Crippen LogP contribution in [0.4, 0.5) is 11.5 Å². The van der Waals surface area contributed by atoms with Crippen LogP contribution in [-0.4, -0.2) is 37.9 Å². The summed E-state index contributed by atoms with van der Waals surface area (Å²) >= 11 is 0. The van der Waals surface area contributed by atoms with Crippen LogP contribution in [0.3, 0.4) is 0 Å². The molecule has 0 aliphatic heterocycles. The maximum atomic E-state index is 12.3. The number of hydrogen-bond acceptors (Lipinski definition) is 5. The molecule has 0 fully saturated rings. The van der Waals surface area contributed by atoms with Crippen LogP contribution in [0, 0.1) is 0 Å². The first-order chi connectivity index (χ1) is 11.4. The van der Waals surface area contributed by atoms with Crippen LogP contribution in [0.5, 0.6) is 5.75 Å². The lowest BCUT2D eigenvalue weighted by Crippen LogP contribution is -2.16. The van der Waals surface area contributed by atoms with E-state index in [1.54, 1.807) is 30.5 Å². The van der Waals surface area contributed by atoms with Crippen LogP contribution in [0.25, 0.3) is 0 Å². The van der Waals surface area contributed by atoms with Crippen molar-refractivity contribution in [3.8, 4) is 5.75 Å². The number of anilines is 2. The Bertz CT molecular complexity index is 740. The molecule has 0 spiro atoms. The summed E-state index contributed by atoms with van der Waals surface area (Å²) in [6, 6.07) is 8.70. The fourth-order valence-electron chi connectivity index (χ4n) is 2.24. The number of amides is 1. The zero-order valence-corrected chi connectivity index (χ0v) is 14.3. The van der Waals surface area contributed by atoms with Crippen LogP contribution in [-0.2, 0) is 11.2 Å². The Morgan fingerprint density at radius 3 is 2.50 bits per heavy atom. The largest absolute Gasteiger partial charge is 0.496 e. The number of carbonyl (C=O) groups excluding carboxylic acids is 2. The molecular formula is C18H21N3O3. The molecule has 2 aromatic rings. The Morgan fingerprint density at radius 2 is 1.96 bits per heavy atom. The predicted octanol–water partition coefficient (Wildman–Crippen LogP) is 2.54. The highest BCUT2D eigenvalue weighted by atomic mass is 16.5. The molecule has 6 heteroatoms. The summed E-state index contributed by atoms with van der Waals surface area (Å²) < 4.78 is 5.26. The Morgan fingerprint density at radius 1 is 1.21 bits per heavy atom. The summed E-state index contributed by atoms with van der Waals surface area (Å²) in [5, 5.41) is 2.80. The predicted molar refractivity (Wildman–Crippen MR) is 93.9 cm³/mol. The van der Waals surface area contributed by atoms with Gasteiger partial charge in [-0.25, -0.2) is 4.98 Å². The summed E-state index contributed by atoms with van der Waals surface area (Å²) in [4.78, 5) is 29.9. The summed E-state index contributed by atoms with van der Waals surface area (Å²) in [6.07, 6.45) is 1.72. The number of nitrogens with zero attached hydrogens (tertiary/aromatic N) is 2. The Balaban J connectivity index is 2.11. The molecule has 0 aliphatic carbocycles. The first kappa shape index (κ1) is 17.5. The molecule has 2 rings (SSSR count). The average molecular weight is 327 g/mol. The van der Waals surface area contributed by atoms with Gasteiger partial charge < -0.3 is 15.0 Å². The summed E-state index contributed by atoms with van der Waals surface area (Å²) in [6.45, 7) is 1.49. The number of Topliss-reactive ketones (excluding diaryl/α,β-unsaturated/α-hetero) is 1. The molecule has 0 saturated carbocycles. The van der Waals surface area contributed by atoms with Crippen LogP contribution in [0.15, 0.2) is 36.5 Å². The van der Waals surface area contributed by atoms with Gasteiger partial charge in [-0.05, 0) is 37.3 Å². The fourth-order valence-corrected chi connectivity index (χ4v) is 2.24. The molecule has 0 bridgehead atoms. The fraction of sp³-hybridized carbons (Fsp3) is 0.278. The highest BCUT2D eigenvalue weighted by Gasteiger charge is 2.12. The number of pyridine rings is 1. The van der Waals surface area contributed by atoms with E-state index < -0.39 is 0 Å². The minimum atomic E-state index is -0.201. The number of aromatic nitrogens is 1. The Kier molecular flexibility index (Phi) is 5.52. The number of nitrogens with one attached hydrogen (secondary N) is 1. The number of hydrogen-bond donors (Lipinski definition) is 1. The lowest BCUT2D eigenvalue weighted by atomic mass is 10.0. The first-order valence-electron chi connectivity index (χ1n) is 7.51. The lowest BCUT2D eigenvalue weighted by molar-refractivity contribution is -0.115. The number of benzene rings is 1. The van der Waals surface area contributed by atoms with Crippen molar-refractivity contribution in [2.24, 2.45) is 0 Å². The SMILES string of the molecule is COc1ccc(C(C)=O)cc1CC(=O)Nc1ccc(N(C)C)nc1. The topological polar surface area (TPSA) is 71.5 Å². The van der Waals surface area contributed by atoms with Gasteiger partial charge in [-0.15, -0.1) is 0 Å². The number of ether oxygens (including phenoxy) is 1. The maximum Gasteiger partial charge on any atom is 0.228 e. The molecule has 126 valence electrons. The van der Waals surface area contributed by atoms with Crippen LogP contribution >= 0.6 is 0 Å². The minimum absolute atomic E-state index is 0.0530. The van der Waals surface area contributed by atoms with Gasteiger partial charge in [0.25, 0.3) is 0 Å². The summed E-state index contributed by atoms with van der Waals surface area (Å²) in [5.74, 6) is 1.14. The maximum absolute atomic E-state index is 12.3. The van der Waals surface area contributed by atoms with Crippen molar-refractivity contribution in [1.29, 1.82) is 0 Å². The second-order valence-electron chi connectivity index (χ2n) is 5.61. The van der Waals surface area contributed by atoms with Crippen molar-refractivity contribution >= 4 is 23.2 Å². The molecule has 6 nitrogen and oxygen atoms in total. The van der Waals surface area contributed by atoms with Gasteiger partial charge in [-0.3, -0.25) is 9.59 Å². The van der Waals surface area contributed by atoms with E-state index in [0.29, 0.717) is 22.6 Å². The quantitative estimate of drug-likeness (QED) is 0.826. The van der Waals surface area contributed by atoms with Gasteiger partial charge in [0.1, 0.15) is 11.6 Å². The van der Waals surface area contributed by atoms with Crippen LogP contribution in [0.1, 0.15) is 22.8 Å². The first-order valence-corrected chi connectivity index (χ1v) is 7.51. The number of carbonyl (C=O) groups is 2. The molecular weight excluding hydrogens is 306 g/mol. The lowest BCUT2D eigenvalue weighted by Gasteiger charge is -2.12. The van der Waals surface area contributed by atoms with E-state index in [-0.39, 0.29) is 18.1 Å². The van der Waals surface area contributed by atoms with Gasteiger partial charge in [0, 0.05) is 25.2 Å². The van der Waals surface area contributed by atoms with Gasteiger partial charge in [-0.1, -0.05) is 0 Å². The number of methoxy groups -OCH3 is 1. The average Bonchev–Trinajstić information content (AvgIpc) is 2.55.